The number of amides is 1. The fourth-order valence-corrected chi connectivity index (χ4v) is 3.01. The van der Waals surface area contributed by atoms with Crippen LogP contribution in [0.1, 0.15) is 15.9 Å². The van der Waals surface area contributed by atoms with E-state index in [1.165, 1.54) is 12.1 Å². The predicted molar refractivity (Wildman–Crippen MR) is 87.9 cm³/mol. The molecule has 2 aromatic rings. The molecule has 24 heavy (non-hydrogen) atoms. The quantitative estimate of drug-likeness (QED) is 0.877. The molecule has 1 aliphatic heterocycles. The average Bonchev–Trinajstić information content (AvgIpc) is 2.53. The van der Waals surface area contributed by atoms with Gasteiger partial charge in [-0.3, -0.25) is 4.79 Å². The first-order valence-electron chi connectivity index (χ1n) is 7.18. The molecular weight excluding hydrogens is 332 g/mol. The zero-order valence-corrected chi connectivity index (χ0v) is 13.7. The lowest BCUT2D eigenvalue weighted by molar-refractivity contribution is 0.102. The minimum Gasteiger partial charge on any atom is -0.486 e. The largest absolute Gasteiger partial charge is 0.486 e. The number of hydrogen-bond acceptors (Lipinski definition) is 5. The molecule has 7 nitrogen and oxygen atoms in total. The highest BCUT2D eigenvalue weighted by Gasteiger charge is 2.16. The molecule has 8 heteroatoms. The number of anilines is 1. The first-order valence-corrected chi connectivity index (χ1v) is 8.73. The minimum atomic E-state index is -3.88. The maximum Gasteiger partial charge on any atom is 0.255 e. The summed E-state index contributed by atoms with van der Waals surface area (Å²) in [4.78, 5) is 12.3. The third-order valence-corrected chi connectivity index (χ3v) is 4.33. The third-order valence-electron chi connectivity index (χ3n) is 3.44. The molecule has 1 aliphatic rings. The molecule has 2 aromatic carbocycles. The molecule has 0 atom stereocenters. The number of nitrogens with one attached hydrogen (secondary N) is 1. The van der Waals surface area contributed by atoms with Crippen molar-refractivity contribution in [3.8, 4) is 11.5 Å². The van der Waals surface area contributed by atoms with Gasteiger partial charge in [0.2, 0.25) is 10.0 Å². The second-order valence-corrected chi connectivity index (χ2v) is 6.95. The summed E-state index contributed by atoms with van der Waals surface area (Å²) in [6.07, 6.45) is 0. The first kappa shape index (κ1) is 16.3. The standard InChI is InChI=1S/C16H16N2O5S/c1-10-6-11(8-13(7-10)24(17,20)21)16(19)18-12-2-3-14-15(9-12)23-5-4-22-14/h2-3,6-9H,4-5H2,1H3,(H,18,19)(H2,17,20,21). The highest BCUT2D eigenvalue weighted by molar-refractivity contribution is 7.89. The lowest BCUT2D eigenvalue weighted by atomic mass is 10.1. The van der Waals surface area contributed by atoms with Gasteiger partial charge in [0.1, 0.15) is 13.2 Å². The highest BCUT2D eigenvalue weighted by atomic mass is 32.2. The van der Waals surface area contributed by atoms with E-state index in [-0.39, 0.29) is 10.5 Å². The second-order valence-electron chi connectivity index (χ2n) is 5.39. The Balaban J connectivity index is 1.86. The summed E-state index contributed by atoms with van der Waals surface area (Å²) in [5.74, 6) is 0.722. The Morgan fingerprint density at radius 3 is 2.50 bits per heavy atom. The van der Waals surface area contributed by atoms with E-state index in [2.05, 4.69) is 5.32 Å². The molecule has 3 rings (SSSR count). The van der Waals surface area contributed by atoms with Crippen LogP contribution in [-0.2, 0) is 10.0 Å². The Hall–Kier alpha value is -2.58. The van der Waals surface area contributed by atoms with Gasteiger partial charge in [-0.1, -0.05) is 0 Å². The van der Waals surface area contributed by atoms with E-state index in [9.17, 15) is 13.2 Å². The van der Waals surface area contributed by atoms with Gasteiger partial charge in [-0.2, -0.15) is 0 Å². The summed E-state index contributed by atoms with van der Waals surface area (Å²) in [6.45, 7) is 2.62. The van der Waals surface area contributed by atoms with Crippen molar-refractivity contribution < 1.29 is 22.7 Å². The summed E-state index contributed by atoms with van der Waals surface area (Å²) in [5, 5.41) is 7.84. The molecule has 0 saturated heterocycles. The number of fused-ring (bicyclic) bond motifs is 1. The summed E-state index contributed by atoms with van der Waals surface area (Å²) in [5.41, 5.74) is 1.34. The van der Waals surface area contributed by atoms with Crippen LogP contribution in [0.25, 0.3) is 0 Å². The average molecular weight is 348 g/mol. The van der Waals surface area contributed by atoms with Crippen LogP contribution in [0.15, 0.2) is 41.3 Å². The highest BCUT2D eigenvalue weighted by Crippen LogP contribution is 2.32. The number of sulfonamides is 1. The van der Waals surface area contributed by atoms with Gasteiger partial charge in [0.15, 0.2) is 11.5 Å². The van der Waals surface area contributed by atoms with Gasteiger partial charge in [-0.15, -0.1) is 0 Å². The molecule has 0 unspecified atom stereocenters. The van der Waals surface area contributed by atoms with Crippen molar-refractivity contribution in [2.75, 3.05) is 18.5 Å². The van der Waals surface area contributed by atoms with Crippen LogP contribution in [0.2, 0.25) is 0 Å². The van der Waals surface area contributed by atoms with Crippen molar-refractivity contribution in [3.63, 3.8) is 0 Å². The SMILES string of the molecule is Cc1cc(C(=O)Nc2ccc3c(c2)OCCO3)cc(S(N)(=O)=O)c1. The molecule has 0 aromatic heterocycles. The normalized spacial score (nSPS) is 13.4. The van der Waals surface area contributed by atoms with E-state index in [4.69, 9.17) is 14.6 Å². The topological polar surface area (TPSA) is 108 Å². The molecule has 0 aliphatic carbocycles. The molecule has 0 fully saturated rings. The maximum atomic E-state index is 12.4. The Kier molecular flexibility index (Phi) is 4.16. The van der Waals surface area contributed by atoms with Gasteiger partial charge in [-0.05, 0) is 42.8 Å². The van der Waals surface area contributed by atoms with E-state index < -0.39 is 15.9 Å². The Bertz CT molecular complexity index is 909. The number of hydrogen-bond donors (Lipinski definition) is 2. The molecule has 126 valence electrons. The van der Waals surface area contributed by atoms with Gasteiger partial charge < -0.3 is 14.8 Å². The van der Waals surface area contributed by atoms with Crippen LogP contribution in [0, 0.1) is 6.92 Å². The molecule has 0 spiro atoms. The lowest BCUT2D eigenvalue weighted by Gasteiger charge is -2.19. The zero-order chi connectivity index (χ0) is 17.3. The van der Waals surface area contributed by atoms with Crippen LogP contribution in [-0.4, -0.2) is 27.5 Å². The van der Waals surface area contributed by atoms with Crippen molar-refractivity contribution in [2.45, 2.75) is 11.8 Å². The van der Waals surface area contributed by atoms with E-state index >= 15 is 0 Å². The van der Waals surface area contributed by atoms with Gasteiger partial charge in [0.25, 0.3) is 5.91 Å². The van der Waals surface area contributed by atoms with E-state index in [1.807, 2.05) is 0 Å². The number of nitrogens with two attached hydrogens (primary N) is 1. The van der Waals surface area contributed by atoms with Gasteiger partial charge in [0, 0.05) is 17.3 Å². The fraction of sp³-hybridized carbons (Fsp3) is 0.188. The van der Waals surface area contributed by atoms with Crippen molar-refractivity contribution in [3.05, 3.63) is 47.5 Å². The number of rotatable bonds is 3. The van der Waals surface area contributed by atoms with E-state index in [0.717, 1.165) is 0 Å². The van der Waals surface area contributed by atoms with Crippen molar-refractivity contribution in [1.29, 1.82) is 0 Å². The third kappa shape index (κ3) is 3.50. The number of carbonyl (C=O) groups excluding carboxylic acids is 1. The molecule has 0 radical (unpaired) electrons. The van der Waals surface area contributed by atoms with Crippen LogP contribution in [0.5, 0.6) is 11.5 Å². The monoisotopic (exact) mass is 348 g/mol. The summed E-state index contributed by atoms with van der Waals surface area (Å²) in [6, 6.07) is 9.29. The molecular formula is C16H16N2O5S. The van der Waals surface area contributed by atoms with Crippen LogP contribution < -0.4 is 19.9 Å². The number of aryl methyl sites for hydroxylation is 1. The lowest BCUT2D eigenvalue weighted by Crippen LogP contribution is -2.17. The van der Waals surface area contributed by atoms with Crippen LogP contribution in [0.3, 0.4) is 0 Å². The van der Waals surface area contributed by atoms with E-state index in [0.29, 0.717) is 36.0 Å². The van der Waals surface area contributed by atoms with Gasteiger partial charge >= 0.3 is 0 Å². The van der Waals surface area contributed by atoms with Gasteiger partial charge in [0.05, 0.1) is 4.90 Å². The Morgan fingerprint density at radius 2 is 1.79 bits per heavy atom. The molecule has 0 saturated carbocycles. The number of ether oxygens (including phenoxy) is 2. The van der Waals surface area contributed by atoms with Crippen molar-refractivity contribution in [1.82, 2.24) is 0 Å². The smallest absolute Gasteiger partial charge is 0.255 e. The van der Waals surface area contributed by atoms with Crippen LogP contribution >= 0.6 is 0 Å². The molecule has 1 heterocycles. The maximum absolute atomic E-state index is 12.4. The fourth-order valence-electron chi connectivity index (χ4n) is 2.37. The number of carbonyl (C=O) groups is 1. The van der Waals surface area contributed by atoms with Gasteiger partial charge in [-0.25, -0.2) is 13.6 Å². The van der Waals surface area contributed by atoms with E-state index in [1.54, 1.807) is 31.2 Å². The number of primary sulfonamides is 1. The minimum absolute atomic E-state index is 0.102. The Morgan fingerprint density at radius 1 is 1.08 bits per heavy atom. The summed E-state index contributed by atoms with van der Waals surface area (Å²) >= 11 is 0. The Labute approximate surface area is 139 Å². The summed E-state index contributed by atoms with van der Waals surface area (Å²) < 4.78 is 33.9. The number of benzene rings is 2. The van der Waals surface area contributed by atoms with Crippen molar-refractivity contribution in [2.24, 2.45) is 5.14 Å². The van der Waals surface area contributed by atoms with Crippen molar-refractivity contribution >= 4 is 21.6 Å². The first-order chi connectivity index (χ1) is 11.3. The summed E-state index contributed by atoms with van der Waals surface area (Å²) in [7, 11) is -3.88. The predicted octanol–water partition coefficient (Wildman–Crippen LogP) is 1.67. The molecule has 0 bridgehead atoms. The molecule has 3 N–H and O–H groups in total. The second kappa shape index (κ2) is 6.14. The van der Waals surface area contributed by atoms with Crippen LogP contribution in [0.4, 0.5) is 5.69 Å². The zero-order valence-electron chi connectivity index (χ0n) is 12.9. The molecule has 1 amide bonds.